The minimum absolute atomic E-state index is 0.00925. The number of nitrogens with one attached hydrogen (secondary N) is 2. The number of halogens is 3. The van der Waals surface area contributed by atoms with Gasteiger partial charge in [-0.05, 0) is 50.2 Å². The van der Waals surface area contributed by atoms with Gasteiger partial charge in [-0.2, -0.15) is 13.2 Å². The van der Waals surface area contributed by atoms with Crippen LogP contribution in [0.4, 0.5) is 24.5 Å². The van der Waals surface area contributed by atoms with E-state index in [1.54, 1.807) is 26.0 Å². The van der Waals surface area contributed by atoms with E-state index in [4.69, 9.17) is 4.52 Å². The molecule has 0 fully saturated rings. The number of carbonyl (C=O) groups is 2. The van der Waals surface area contributed by atoms with Gasteiger partial charge in [0.1, 0.15) is 11.3 Å². The molecular weight excluding hydrogens is 387 g/mol. The molecule has 0 spiro atoms. The van der Waals surface area contributed by atoms with Gasteiger partial charge in [-0.3, -0.25) is 9.59 Å². The highest BCUT2D eigenvalue weighted by atomic mass is 19.4. The summed E-state index contributed by atoms with van der Waals surface area (Å²) in [4.78, 5) is 24.8. The molecule has 0 saturated heterocycles. The lowest BCUT2D eigenvalue weighted by atomic mass is 10.1. The first kappa shape index (κ1) is 20.1. The number of hydrogen-bond donors (Lipinski definition) is 2. The standard InChI is InChI=1S/C20H16F3N3O3/c1-11-17(12(2)29-26-11)19(28)25-15-7-3-5-13(9-15)18(27)24-16-8-4-6-14(10-16)20(21,22)23/h3-10H,1-2H3,(H,24,27)(H,25,28). The maximum atomic E-state index is 12.8. The molecule has 150 valence electrons. The zero-order valence-corrected chi connectivity index (χ0v) is 15.4. The largest absolute Gasteiger partial charge is 0.416 e. The van der Waals surface area contributed by atoms with E-state index in [-0.39, 0.29) is 11.3 Å². The van der Waals surface area contributed by atoms with Gasteiger partial charge in [-0.1, -0.05) is 17.3 Å². The van der Waals surface area contributed by atoms with Gasteiger partial charge in [0.2, 0.25) is 0 Å². The molecule has 0 aliphatic heterocycles. The molecule has 0 saturated carbocycles. The van der Waals surface area contributed by atoms with Gasteiger partial charge in [0.05, 0.1) is 11.3 Å². The van der Waals surface area contributed by atoms with Crippen LogP contribution >= 0.6 is 0 Å². The molecule has 0 aliphatic rings. The number of anilines is 2. The van der Waals surface area contributed by atoms with Gasteiger partial charge in [0.15, 0.2) is 0 Å². The normalized spacial score (nSPS) is 11.2. The Morgan fingerprint density at radius 3 is 2.17 bits per heavy atom. The fraction of sp³-hybridized carbons (Fsp3) is 0.150. The van der Waals surface area contributed by atoms with E-state index in [1.807, 2.05) is 0 Å². The molecule has 0 atom stereocenters. The smallest absolute Gasteiger partial charge is 0.361 e. The van der Waals surface area contributed by atoms with E-state index < -0.39 is 23.6 Å². The maximum Gasteiger partial charge on any atom is 0.416 e. The number of alkyl halides is 3. The van der Waals surface area contributed by atoms with Crippen LogP contribution in [0.3, 0.4) is 0 Å². The monoisotopic (exact) mass is 403 g/mol. The van der Waals surface area contributed by atoms with Crippen molar-refractivity contribution in [1.82, 2.24) is 5.16 Å². The lowest BCUT2D eigenvalue weighted by molar-refractivity contribution is -0.137. The number of benzene rings is 2. The zero-order chi connectivity index (χ0) is 21.2. The number of carbonyl (C=O) groups excluding carboxylic acids is 2. The number of rotatable bonds is 4. The quantitative estimate of drug-likeness (QED) is 0.655. The highest BCUT2D eigenvalue weighted by molar-refractivity contribution is 6.08. The molecule has 29 heavy (non-hydrogen) atoms. The van der Waals surface area contributed by atoms with Crippen LogP contribution in [0.5, 0.6) is 0 Å². The van der Waals surface area contributed by atoms with Crippen molar-refractivity contribution in [2.75, 3.05) is 10.6 Å². The molecule has 0 aliphatic carbocycles. The van der Waals surface area contributed by atoms with Crippen LogP contribution in [0, 0.1) is 13.8 Å². The minimum atomic E-state index is -4.51. The minimum Gasteiger partial charge on any atom is -0.361 e. The Balaban J connectivity index is 1.76. The summed E-state index contributed by atoms with van der Waals surface area (Å²) >= 11 is 0. The molecule has 2 aromatic carbocycles. The molecule has 9 heteroatoms. The van der Waals surface area contributed by atoms with Crippen molar-refractivity contribution in [2.45, 2.75) is 20.0 Å². The van der Waals surface area contributed by atoms with Gasteiger partial charge in [-0.15, -0.1) is 0 Å². The maximum absolute atomic E-state index is 12.8. The van der Waals surface area contributed by atoms with Crippen molar-refractivity contribution in [2.24, 2.45) is 0 Å². The van der Waals surface area contributed by atoms with Crippen molar-refractivity contribution in [3.05, 3.63) is 76.7 Å². The second kappa shape index (κ2) is 7.78. The Bertz CT molecular complexity index is 1050. The molecule has 1 aromatic heterocycles. The van der Waals surface area contributed by atoms with Gasteiger partial charge in [-0.25, -0.2) is 0 Å². The summed E-state index contributed by atoms with van der Waals surface area (Å²) in [5.41, 5.74) is 0.374. The topological polar surface area (TPSA) is 84.2 Å². The summed E-state index contributed by atoms with van der Waals surface area (Å²) in [5, 5.41) is 8.78. The van der Waals surface area contributed by atoms with E-state index in [2.05, 4.69) is 15.8 Å². The molecule has 2 N–H and O–H groups in total. The van der Waals surface area contributed by atoms with E-state index in [1.165, 1.54) is 24.3 Å². The summed E-state index contributed by atoms with van der Waals surface area (Å²) in [5.74, 6) is -0.701. The SMILES string of the molecule is Cc1noc(C)c1C(=O)Nc1cccc(C(=O)Nc2cccc(C(F)(F)F)c2)c1. The Morgan fingerprint density at radius 1 is 0.931 bits per heavy atom. The Kier molecular flexibility index (Phi) is 5.40. The summed E-state index contributed by atoms with van der Waals surface area (Å²) in [6, 6.07) is 10.4. The summed E-state index contributed by atoms with van der Waals surface area (Å²) in [7, 11) is 0. The number of aryl methyl sites for hydroxylation is 2. The lowest BCUT2D eigenvalue weighted by Gasteiger charge is -2.11. The molecule has 0 unspecified atom stereocenters. The molecule has 2 amide bonds. The second-order valence-electron chi connectivity index (χ2n) is 6.27. The fourth-order valence-corrected chi connectivity index (χ4v) is 2.72. The van der Waals surface area contributed by atoms with Crippen LogP contribution in [0.25, 0.3) is 0 Å². The zero-order valence-electron chi connectivity index (χ0n) is 15.4. The number of aromatic nitrogens is 1. The van der Waals surface area contributed by atoms with Crippen LogP contribution in [0.1, 0.15) is 37.7 Å². The molecule has 1 heterocycles. The van der Waals surface area contributed by atoms with Crippen molar-refractivity contribution in [1.29, 1.82) is 0 Å². The third-order valence-electron chi connectivity index (χ3n) is 4.09. The van der Waals surface area contributed by atoms with Gasteiger partial charge in [0, 0.05) is 16.9 Å². The first-order chi connectivity index (χ1) is 13.6. The van der Waals surface area contributed by atoms with Gasteiger partial charge in [0.25, 0.3) is 11.8 Å². The first-order valence-electron chi connectivity index (χ1n) is 8.48. The van der Waals surface area contributed by atoms with Crippen molar-refractivity contribution in [3.8, 4) is 0 Å². The van der Waals surface area contributed by atoms with Crippen LogP contribution < -0.4 is 10.6 Å². The predicted octanol–water partition coefficient (Wildman–Crippen LogP) is 4.81. The average molecular weight is 403 g/mol. The molecule has 6 nitrogen and oxygen atoms in total. The van der Waals surface area contributed by atoms with Gasteiger partial charge < -0.3 is 15.2 Å². The third kappa shape index (κ3) is 4.63. The molecule has 0 radical (unpaired) electrons. The second-order valence-corrected chi connectivity index (χ2v) is 6.27. The summed E-state index contributed by atoms with van der Waals surface area (Å²) in [6.07, 6.45) is -4.51. The van der Waals surface area contributed by atoms with Crippen molar-refractivity contribution < 1.29 is 27.3 Å². The summed E-state index contributed by atoms with van der Waals surface area (Å²) < 4.78 is 43.4. The molecule has 3 rings (SSSR count). The number of amides is 2. The highest BCUT2D eigenvalue weighted by Gasteiger charge is 2.30. The fourth-order valence-electron chi connectivity index (χ4n) is 2.72. The van der Waals surface area contributed by atoms with E-state index in [0.717, 1.165) is 12.1 Å². The Hall–Kier alpha value is -3.62. The highest BCUT2D eigenvalue weighted by Crippen LogP contribution is 2.30. The van der Waals surface area contributed by atoms with Crippen molar-refractivity contribution >= 4 is 23.2 Å². The average Bonchev–Trinajstić information content (AvgIpc) is 3.00. The van der Waals surface area contributed by atoms with Crippen LogP contribution in [-0.4, -0.2) is 17.0 Å². The number of nitrogens with zero attached hydrogens (tertiary/aromatic N) is 1. The van der Waals surface area contributed by atoms with Crippen molar-refractivity contribution in [3.63, 3.8) is 0 Å². The molecule has 3 aromatic rings. The van der Waals surface area contributed by atoms with E-state index >= 15 is 0 Å². The van der Waals surface area contributed by atoms with E-state index in [9.17, 15) is 22.8 Å². The Labute approximate surface area is 163 Å². The van der Waals surface area contributed by atoms with Crippen LogP contribution in [-0.2, 0) is 6.18 Å². The van der Waals surface area contributed by atoms with Crippen LogP contribution in [0.2, 0.25) is 0 Å². The molecule has 0 bridgehead atoms. The Morgan fingerprint density at radius 2 is 1.55 bits per heavy atom. The predicted molar refractivity (Wildman–Crippen MR) is 99.8 cm³/mol. The molecular formula is C20H16F3N3O3. The van der Waals surface area contributed by atoms with Gasteiger partial charge >= 0.3 is 6.18 Å². The third-order valence-corrected chi connectivity index (χ3v) is 4.09. The van der Waals surface area contributed by atoms with Crippen LogP contribution in [0.15, 0.2) is 53.1 Å². The van der Waals surface area contributed by atoms with E-state index in [0.29, 0.717) is 22.7 Å². The lowest BCUT2D eigenvalue weighted by Crippen LogP contribution is -2.16. The first-order valence-corrected chi connectivity index (χ1v) is 8.48. The summed E-state index contributed by atoms with van der Waals surface area (Å²) in [6.45, 7) is 3.23. The number of hydrogen-bond acceptors (Lipinski definition) is 4.